The topological polar surface area (TPSA) is 53.4 Å². The normalized spacial score (nSPS) is 21.4. The summed E-state index contributed by atoms with van der Waals surface area (Å²) in [5.41, 5.74) is 0.890. The lowest BCUT2D eigenvalue weighted by atomic mass is 9.93. The number of hydrogen-bond donors (Lipinski definition) is 1. The van der Waals surface area contributed by atoms with Crippen molar-refractivity contribution >= 4 is 38.3 Å². The summed E-state index contributed by atoms with van der Waals surface area (Å²) in [5, 5.41) is 10.1. The second-order valence-corrected chi connectivity index (χ2v) is 7.53. The van der Waals surface area contributed by atoms with Crippen molar-refractivity contribution in [1.82, 2.24) is 4.98 Å². The summed E-state index contributed by atoms with van der Waals surface area (Å²) < 4.78 is 0.953. The highest BCUT2D eigenvalue weighted by molar-refractivity contribution is 9.11. The molecule has 0 bridgehead atoms. The van der Waals surface area contributed by atoms with Gasteiger partial charge in [-0.25, -0.2) is 4.98 Å². The number of halogens is 1. The number of aromatic nitrogens is 1. The number of β-amino-alcohol motifs (C(OH)–C–C–N with tert-alkyl or cyclic N) is 1. The minimum atomic E-state index is -0.566. The maximum Gasteiger partial charge on any atom is 0.231 e. The highest BCUT2D eigenvalue weighted by Gasteiger charge is 2.33. The largest absolute Gasteiger partial charge is 0.391 e. The molecule has 1 atom stereocenters. The number of rotatable bonds is 1. The van der Waals surface area contributed by atoms with E-state index in [1.807, 2.05) is 0 Å². The van der Waals surface area contributed by atoms with Crippen molar-refractivity contribution in [2.75, 3.05) is 11.4 Å². The Bertz CT molecular complexity index is 453. The molecule has 0 spiro atoms. The fraction of sp³-hybridized carbons (Fsp3) is 0.636. The second-order valence-electron chi connectivity index (χ2n) is 5.23. The third kappa shape index (κ3) is 2.53. The molecule has 1 fully saturated rings. The van der Waals surface area contributed by atoms with Crippen LogP contribution in [0.3, 0.4) is 0 Å². The molecule has 1 aromatic rings. The van der Waals surface area contributed by atoms with E-state index in [0.29, 0.717) is 11.7 Å². The summed E-state index contributed by atoms with van der Waals surface area (Å²) in [6.07, 6.45) is -0.370. The molecule has 4 nitrogen and oxygen atoms in total. The van der Waals surface area contributed by atoms with Gasteiger partial charge in [-0.1, -0.05) is 32.1 Å². The van der Waals surface area contributed by atoms with E-state index < -0.39 is 6.10 Å². The van der Waals surface area contributed by atoms with E-state index in [1.54, 1.807) is 4.90 Å². The molecule has 1 aliphatic heterocycles. The number of nitrogens with zero attached hydrogens (tertiary/aromatic N) is 2. The predicted octanol–water partition coefficient (Wildman–Crippen LogP) is 2.30. The summed E-state index contributed by atoms with van der Waals surface area (Å²) in [5.74, 6) is -0.0563. The zero-order valence-corrected chi connectivity index (χ0v) is 12.4. The minimum absolute atomic E-state index is 0.0563. The van der Waals surface area contributed by atoms with Gasteiger partial charge in [0.2, 0.25) is 5.91 Å². The van der Waals surface area contributed by atoms with Crippen LogP contribution in [0.5, 0.6) is 0 Å². The lowest BCUT2D eigenvalue weighted by Crippen LogP contribution is -2.25. The lowest BCUT2D eigenvalue weighted by molar-refractivity contribution is -0.117. The molecule has 0 aromatic carbocycles. The van der Waals surface area contributed by atoms with Crippen LogP contribution < -0.4 is 4.90 Å². The van der Waals surface area contributed by atoms with Gasteiger partial charge in [0, 0.05) is 5.41 Å². The second kappa shape index (κ2) is 4.33. The van der Waals surface area contributed by atoms with Gasteiger partial charge < -0.3 is 5.11 Å². The van der Waals surface area contributed by atoms with E-state index in [1.165, 1.54) is 11.3 Å². The zero-order valence-electron chi connectivity index (χ0n) is 10.0. The van der Waals surface area contributed by atoms with E-state index >= 15 is 0 Å². The van der Waals surface area contributed by atoms with Crippen LogP contribution in [-0.2, 0) is 10.2 Å². The van der Waals surface area contributed by atoms with Gasteiger partial charge in [0.1, 0.15) is 0 Å². The quantitative estimate of drug-likeness (QED) is 0.864. The van der Waals surface area contributed by atoms with Crippen molar-refractivity contribution in [3.05, 3.63) is 9.48 Å². The first kappa shape index (κ1) is 13.0. The lowest BCUT2D eigenvalue weighted by Gasteiger charge is -2.16. The number of carbonyl (C=O) groups is 1. The number of anilines is 1. The van der Waals surface area contributed by atoms with Crippen LogP contribution in [0.2, 0.25) is 0 Å². The Morgan fingerprint density at radius 1 is 1.53 bits per heavy atom. The fourth-order valence-corrected chi connectivity index (χ4v) is 3.89. The maximum absolute atomic E-state index is 11.7. The Hall–Kier alpha value is -0.460. The highest BCUT2D eigenvalue weighted by atomic mass is 79.9. The van der Waals surface area contributed by atoms with Gasteiger partial charge in [-0.2, -0.15) is 0 Å². The van der Waals surface area contributed by atoms with Gasteiger partial charge >= 0.3 is 0 Å². The standard InChI is InChI=1S/C11H15BrN2O2S/c1-11(2,3)8-9(12)17-10(13-8)14-5-6(15)4-7(14)16/h6,15H,4-5H2,1-3H3. The molecule has 1 amide bonds. The Morgan fingerprint density at radius 2 is 2.18 bits per heavy atom. The molecule has 0 aliphatic carbocycles. The monoisotopic (exact) mass is 318 g/mol. The van der Waals surface area contributed by atoms with E-state index in [-0.39, 0.29) is 17.7 Å². The molecule has 1 unspecified atom stereocenters. The first-order chi connectivity index (χ1) is 7.79. The Balaban J connectivity index is 2.32. The van der Waals surface area contributed by atoms with Crippen LogP contribution >= 0.6 is 27.3 Å². The van der Waals surface area contributed by atoms with E-state index in [4.69, 9.17) is 0 Å². The molecule has 2 rings (SSSR count). The molecule has 1 aromatic heterocycles. The Morgan fingerprint density at radius 3 is 2.59 bits per heavy atom. The summed E-state index contributed by atoms with van der Waals surface area (Å²) in [7, 11) is 0. The van der Waals surface area contributed by atoms with Gasteiger partial charge in [0.05, 0.1) is 28.5 Å². The number of amides is 1. The van der Waals surface area contributed by atoms with Crippen LogP contribution in [0, 0.1) is 0 Å². The van der Waals surface area contributed by atoms with Crippen LogP contribution in [0.4, 0.5) is 5.13 Å². The molecule has 0 saturated carbocycles. The highest BCUT2D eigenvalue weighted by Crippen LogP contribution is 2.38. The Kier molecular flexibility index (Phi) is 3.31. The van der Waals surface area contributed by atoms with E-state index in [9.17, 15) is 9.90 Å². The molecule has 1 saturated heterocycles. The molecular weight excluding hydrogens is 304 g/mol. The van der Waals surface area contributed by atoms with Crippen molar-refractivity contribution in [1.29, 1.82) is 0 Å². The van der Waals surface area contributed by atoms with Crippen LogP contribution in [0.1, 0.15) is 32.9 Å². The molecule has 94 valence electrons. The Labute approximate surface area is 113 Å². The summed E-state index contributed by atoms with van der Waals surface area (Å²) in [6, 6.07) is 0. The van der Waals surface area contributed by atoms with Crippen LogP contribution in [-0.4, -0.2) is 28.6 Å². The average molecular weight is 319 g/mol. The van der Waals surface area contributed by atoms with Crippen molar-refractivity contribution in [2.24, 2.45) is 0 Å². The number of thiazole rings is 1. The number of hydrogen-bond acceptors (Lipinski definition) is 4. The zero-order chi connectivity index (χ0) is 12.8. The maximum atomic E-state index is 11.7. The number of carbonyl (C=O) groups excluding carboxylic acids is 1. The molecule has 1 N–H and O–H groups in total. The molecule has 2 heterocycles. The van der Waals surface area contributed by atoms with Gasteiger partial charge in [-0.15, -0.1) is 0 Å². The fourth-order valence-electron chi connectivity index (χ4n) is 1.74. The van der Waals surface area contributed by atoms with Gasteiger partial charge in [0.25, 0.3) is 0 Å². The molecule has 6 heteroatoms. The van der Waals surface area contributed by atoms with Crippen molar-refractivity contribution in [2.45, 2.75) is 38.7 Å². The first-order valence-electron chi connectivity index (χ1n) is 5.44. The van der Waals surface area contributed by atoms with Crippen LogP contribution in [0.25, 0.3) is 0 Å². The number of aliphatic hydroxyl groups excluding tert-OH is 1. The van der Waals surface area contributed by atoms with E-state index in [2.05, 4.69) is 41.7 Å². The van der Waals surface area contributed by atoms with E-state index in [0.717, 1.165) is 9.48 Å². The van der Waals surface area contributed by atoms with Gasteiger partial charge in [0.15, 0.2) is 5.13 Å². The average Bonchev–Trinajstić information content (AvgIpc) is 2.68. The first-order valence-corrected chi connectivity index (χ1v) is 7.05. The van der Waals surface area contributed by atoms with Gasteiger partial charge in [-0.05, 0) is 15.9 Å². The summed E-state index contributed by atoms with van der Waals surface area (Å²) in [4.78, 5) is 17.8. The van der Waals surface area contributed by atoms with Crippen molar-refractivity contribution in [3.63, 3.8) is 0 Å². The molecule has 17 heavy (non-hydrogen) atoms. The third-order valence-corrected chi connectivity index (χ3v) is 4.35. The molecular formula is C11H15BrN2O2S. The summed E-state index contributed by atoms with van der Waals surface area (Å²) >= 11 is 4.93. The van der Waals surface area contributed by atoms with Crippen LogP contribution in [0.15, 0.2) is 3.79 Å². The summed E-state index contributed by atoms with van der Waals surface area (Å²) in [6.45, 7) is 6.59. The van der Waals surface area contributed by atoms with Gasteiger partial charge in [-0.3, -0.25) is 9.69 Å². The third-order valence-electron chi connectivity index (χ3n) is 2.62. The van der Waals surface area contributed by atoms with Crippen molar-refractivity contribution < 1.29 is 9.90 Å². The molecule has 0 radical (unpaired) electrons. The SMILES string of the molecule is CC(C)(C)c1nc(N2CC(O)CC2=O)sc1Br. The minimum Gasteiger partial charge on any atom is -0.391 e. The smallest absolute Gasteiger partial charge is 0.231 e. The predicted molar refractivity (Wildman–Crippen MR) is 71.5 cm³/mol. The molecule has 1 aliphatic rings. The number of aliphatic hydroxyl groups is 1. The van der Waals surface area contributed by atoms with Crippen molar-refractivity contribution in [3.8, 4) is 0 Å².